The molecule has 0 saturated heterocycles. The summed E-state index contributed by atoms with van der Waals surface area (Å²) < 4.78 is 5.56. The highest BCUT2D eigenvalue weighted by molar-refractivity contribution is 5.85. The van der Waals surface area contributed by atoms with E-state index in [0.717, 1.165) is 11.3 Å². The quantitative estimate of drug-likeness (QED) is 0.875. The Kier molecular flexibility index (Phi) is 3.87. The van der Waals surface area contributed by atoms with Crippen molar-refractivity contribution in [1.29, 1.82) is 0 Å². The summed E-state index contributed by atoms with van der Waals surface area (Å²) in [5.41, 5.74) is 6.56. The van der Waals surface area contributed by atoms with Crippen molar-refractivity contribution >= 4 is 5.91 Å². The average molecular weight is 248 g/mol. The number of rotatable bonds is 4. The van der Waals surface area contributed by atoms with Gasteiger partial charge in [0.25, 0.3) is 0 Å². The van der Waals surface area contributed by atoms with Crippen molar-refractivity contribution < 1.29 is 9.53 Å². The third-order valence-corrected chi connectivity index (χ3v) is 3.27. The van der Waals surface area contributed by atoms with E-state index < -0.39 is 0 Å². The van der Waals surface area contributed by atoms with Crippen LogP contribution in [0.4, 0.5) is 0 Å². The summed E-state index contributed by atoms with van der Waals surface area (Å²) in [6.45, 7) is 5.53. The fourth-order valence-electron chi connectivity index (χ4n) is 2.33. The van der Waals surface area contributed by atoms with Gasteiger partial charge in [-0.15, -0.1) is 0 Å². The zero-order valence-electron chi connectivity index (χ0n) is 10.9. The lowest BCUT2D eigenvalue weighted by molar-refractivity contribution is -0.134. The van der Waals surface area contributed by atoms with Crippen LogP contribution in [-0.4, -0.2) is 36.5 Å². The van der Waals surface area contributed by atoms with Crippen LogP contribution in [0.25, 0.3) is 0 Å². The Morgan fingerprint density at radius 3 is 2.89 bits per heavy atom. The minimum absolute atomic E-state index is 0.111. The predicted molar refractivity (Wildman–Crippen MR) is 70.6 cm³/mol. The van der Waals surface area contributed by atoms with Gasteiger partial charge >= 0.3 is 0 Å². The molecule has 0 saturated carbocycles. The summed E-state index contributed by atoms with van der Waals surface area (Å²) in [6.07, 6.45) is 0. The van der Waals surface area contributed by atoms with E-state index in [-0.39, 0.29) is 17.9 Å². The third kappa shape index (κ3) is 2.34. The van der Waals surface area contributed by atoms with Crippen LogP contribution in [0.3, 0.4) is 0 Å². The van der Waals surface area contributed by atoms with Gasteiger partial charge in [0.15, 0.2) is 0 Å². The van der Waals surface area contributed by atoms with Gasteiger partial charge in [0.05, 0.1) is 0 Å². The van der Waals surface area contributed by atoms with E-state index >= 15 is 0 Å². The molecule has 0 aliphatic carbocycles. The summed E-state index contributed by atoms with van der Waals surface area (Å²) >= 11 is 0. The molecule has 98 valence electrons. The number of amides is 1. The average Bonchev–Trinajstić information content (AvgIpc) is 2.78. The predicted octanol–water partition coefficient (Wildman–Crippen LogP) is 1.36. The van der Waals surface area contributed by atoms with Crippen molar-refractivity contribution in [2.75, 3.05) is 19.7 Å². The molecule has 1 aromatic rings. The molecule has 0 radical (unpaired) electrons. The molecule has 4 nitrogen and oxygen atoms in total. The normalized spacial score (nSPS) is 17.4. The number of ether oxygens (including phenoxy) is 1. The summed E-state index contributed by atoms with van der Waals surface area (Å²) in [4.78, 5) is 14.4. The largest absolute Gasteiger partial charge is 0.492 e. The first-order chi connectivity index (χ1) is 8.65. The summed E-state index contributed by atoms with van der Waals surface area (Å²) in [6, 6.07) is 7.90. The van der Waals surface area contributed by atoms with Gasteiger partial charge in [0, 0.05) is 24.7 Å². The van der Waals surface area contributed by atoms with Crippen LogP contribution in [0, 0.1) is 0 Å². The van der Waals surface area contributed by atoms with E-state index in [1.807, 2.05) is 43.0 Å². The Bertz CT molecular complexity index is 432. The van der Waals surface area contributed by atoms with E-state index in [1.54, 1.807) is 0 Å². The molecule has 0 bridgehead atoms. The standard InChI is InChI=1S/C14H20N2O2/c1-10(2)16(8-7-15)14(17)12-9-18-13-6-4-3-5-11(12)13/h3-6,10,12H,7-9,15H2,1-2H3. The molecular formula is C14H20N2O2. The van der Waals surface area contributed by atoms with Crippen LogP contribution in [0.1, 0.15) is 25.3 Å². The van der Waals surface area contributed by atoms with Crippen LogP contribution in [0.5, 0.6) is 5.75 Å². The Hall–Kier alpha value is -1.55. The van der Waals surface area contributed by atoms with Crippen molar-refractivity contribution in [3.63, 3.8) is 0 Å². The second-order valence-corrected chi connectivity index (χ2v) is 4.82. The number of hydrogen-bond acceptors (Lipinski definition) is 3. The maximum atomic E-state index is 12.5. The van der Waals surface area contributed by atoms with Crippen molar-refractivity contribution in [2.24, 2.45) is 5.73 Å². The van der Waals surface area contributed by atoms with Crippen molar-refractivity contribution in [3.8, 4) is 5.75 Å². The van der Waals surface area contributed by atoms with Gasteiger partial charge in [-0.25, -0.2) is 0 Å². The molecule has 2 rings (SSSR count). The lowest BCUT2D eigenvalue weighted by Gasteiger charge is -2.28. The highest BCUT2D eigenvalue weighted by atomic mass is 16.5. The highest BCUT2D eigenvalue weighted by Crippen LogP contribution is 2.34. The molecule has 1 atom stereocenters. The second-order valence-electron chi connectivity index (χ2n) is 4.82. The molecule has 0 spiro atoms. The number of hydrogen-bond donors (Lipinski definition) is 1. The number of nitrogens with zero attached hydrogens (tertiary/aromatic N) is 1. The van der Waals surface area contributed by atoms with E-state index in [0.29, 0.717) is 19.7 Å². The Morgan fingerprint density at radius 1 is 1.50 bits per heavy atom. The molecule has 0 fully saturated rings. The first kappa shape index (κ1) is 12.9. The van der Waals surface area contributed by atoms with E-state index in [9.17, 15) is 4.79 Å². The lowest BCUT2D eigenvalue weighted by Crippen LogP contribution is -2.43. The minimum Gasteiger partial charge on any atom is -0.492 e. The summed E-state index contributed by atoms with van der Waals surface area (Å²) in [5.74, 6) is 0.753. The van der Waals surface area contributed by atoms with Crippen LogP contribution < -0.4 is 10.5 Å². The fraction of sp³-hybridized carbons (Fsp3) is 0.500. The first-order valence-corrected chi connectivity index (χ1v) is 6.37. The number of carbonyl (C=O) groups is 1. The molecule has 4 heteroatoms. The van der Waals surface area contributed by atoms with E-state index in [4.69, 9.17) is 10.5 Å². The lowest BCUT2D eigenvalue weighted by atomic mass is 9.99. The monoisotopic (exact) mass is 248 g/mol. The van der Waals surface area contributed by atoms with E-state index in [1.165, 1.54) is 0 Å². The maximum Gasteiger partial charge on any atom is 0.234 e. The topological polar surface area (TPSA) is 55.6 Å². The van der Waals surface area contributed by atoms with Crippen LogP contribution in [0.2, 0.25) is 0 Å². The van der Waals surface area contributed by atoms with Crippen molar-refractivity contribution in [3.05, 3.63) is 29.8 Å². The SMILES string of the molecule is CC(C)N(CCN)C(=O)C1COc2ccccc21. The number of fused-ring (bicyclic) bond motifs is 1. The second kappa shape index (κ2) is 5.40. The van der Waals surface area contributed by atoms with Crippen molar-refractivity contribution in [2.45, 2.75) is 25.8 Å². The molecule has 1 amide bonds. The molecule has 1 heterocycles. The summed E-state index contributed by atoms with van der Waals surface area (Å²) in [7, 11) is 0. The zero-order valence-corrected chi connectivity index (χ0v) is 10.9. The molecule has 1 unspecified atom stereocenters. The van der Waals surface area contributed by atoms with Gasteiger partial charge < -0.3 is 15.4 Å². The molecule has 18 heavy (non-hydrogen) atoms. The van der Waals surface area contributed by atoms with Crippen LogP contribution >= 0.6 is 0 Å². The zero-order chi connectivity index (χ0) is 13.1. The molecule has 2 N–H and O–H groups in total. The minimum atomic E-state index is -0.185. The number of carbonyl (C=O) groups excluding carboxylic acids is 1. The Morgan fingerprint density at radius 2 is 2.22 bits per heavy atom. The van der Waals surface area contributed by atoms with Gasteiger partial charge in [0.2, 0.25) is 5.91 Å². The van der Waals surface area contributed by atoms with Gasteiger partial charge in [-0.3, -0.25) is 4.79 Å². The number of nitrogens with two attached hydrogens (primary N) is 1. The summed E-state index contributed by atoms with van der Waals surface area (Å²) in [5, 5.41) is 0. The molecule has 1 aliphatic rings. The number of benzene rings is 1. The van der Waals surface area contributed by atoms with Gasteiger partial charge in [-0.2, -0.15) is 0 Å². The smallest absolute Gasteiger partial charge is 0.234 e. The first-order valence-electron chi connectivity index (χ1n) is 6.37. The van der Waals surface area contributed by atoms with Crippen molar-refractivity contribution in [1.82, 2.24) is 4.90 Å². The molecule has 1 aliphatic heterocycles. The third-order valence-electron chi connectivity index (χ3n) is 3.27. The maximum absolute atomic E-state index is 12.5. The van der Waals surface area contributed by atoms with Gasteiger partial charge in [-0.1, -0.05) is 18.2 Å². The van der Waals surface area contributed by atoms with Crippen LogP contribution in [-0.2, 0) is 4.79 Å². The Labute approximate surface area is 108 Å². The highest BCUT2D eigenvalue weighted by Gasteiger charge is 2.33. The fourth-order valence-corrected chi connectivity index (χ4v) is 2.33. The molecule has 1 aromatic carbocycles. The molecular weight excluding hydrogens is 228 g/mol. The number of para-hydroxylation sites is 1. The Balaban J connectivity index is 2.20. The van der Waals surface area contributed by atoms with Gasteiger partial charge in [-0.05, 0) is 19.9 Å². The van der Waals surface area contributed by atoms with Crippen LogP contribution in [0.15, 0.2) is 24.3 Å². The molecule has 0 aromatic heterocycles. The van der Waals surface area contributed by atoms with Gasteiger partial charge in [0.1, 0.15) is 18.3 Å². The van der Waals surface area contributed by atoms with E-state index in [2.05, 4.69) is 0 Å².